The first-order valence-electron chi connectivity index (χ1n) is 6.95. The van der Waals surface area contributed by atoms with Crippen molar-refractivity contribution in [1.29, 1.82) is 0 Å². The first-order chi connectivity index (χ1) is 9.61. The van der Waals surface area contributed by atoms with Crippen molar-refractivity contribution in [1.82, 2.24) is 10.2 Å². The van der Waals surface area contributed by atoms with Crippen LogP contribution in [-0.2, 0) is 0 Å². The van der Waals surface area contributed by atoms with Gasteiger partial charge >= 0.3 is 0 Å². The predicted octanol–water partition coefficient (Wildman–Crippen LogP) is 1.47. The Hall–Kier alpha value is -1.75. The van der Waals surface area contributed by atoms with E-state index in [0.717, 1.165) is 32.5 Å². The van der Waals surface area contributed by atoms with Crippen molar-refractivity contribution in [3.63, 3.8) is 0 Å². The van der Waals surface area contributed by atoms with Gasteiger partial charge in [-0.3, -0.25) is 4.79 Å². The number of nitrogens with zero attached hydrogens (tertiary/aromatic N) is 1. The quantitative estimate of drug-likeness (QED) is 0.875. The molecule has 0 bridgehead atoms. The van der Waals surface area contributed by atoms with Crippen LogP contribution in [0.2, 0.25) is 0 Å². The van der Waals surface area contributed by atoms with Crippen molar-refractivity contribution < 1.29 is 14.6 Å². The molecule has 1 aliphatic rings. The third kappa shape index (κ3) is 3.42. The van der Waals surface area contributed by atoms with E-state index in [1.54, 1.807) is 24.1 Å². The number of benzene rings is 1. The van der Waals surface area contributed by atoms with E-state index in [-0.39, 0.29) is 11.7 Å². The minimum atomic E-state index is -0.0754. The van der Waals surface area contributed by atoms with Gasteiger partial charge in [0.25, 0.3) is 5.91 Å². The van der Waals surface area contributed by atoms with Gasteiger partial charge in [-0.25, -0.2) is 0 Å². The zero-order valence-corrected chi connectivity index (χ0v) is 12.1. The zero-order chi connectivity index (χ0) is 14.5. The molecule has 0 radical (unpaired) electrons. The molecule has 2 N–H and O–H groups in total. The number of amides is 1. The highest BCUT2D eigenvalue weighted by atomic mass is 16.5. The number of nitrogens with one attached hydrogen (secondary N) is 1. The highest BCUT2D eigenvalue weighted by Gasteiger charge is 2.19. The molecule has 1 aromatic rings. The van der Waals surface area contributed by atoms with Crippen molar-refractivity contribution >= 4 is 5.91 Å². The number of piperidine rings is 1. The van der Waals surface area contributed by atoms with Crippen molar-refractivity contribution in [2.24, 2.45) is 5.92 Å². The van der Waals surface area contributed by atoms with Crippen molar-refractivity contribution in [3.05, 3.63) is 23.8 Å². The van der Waals surface area contributed by atoms with Crippen LogP contribution in [0.3, 0.4) is 0 Å². The third-order valence-corrected chi connectivity index (χ3v) is 3.70. The molecule has 1 fully saturated rings. The Kier molecular flexibility index (Phi) is 4.84. The molecular weight excluding hydrogens is 256 g/mol. The average molecular weight is 278 g/mol. The molecule has 0 aliphatic carbocycles. The largest absolute Gasteiger partial charge is 0.504 e. The van der Waals surface area contributed by atoms with Crippen LogP contribution < -0.4 is 10.1 Å². The highest BCUT2D eigenvalue weighted by Crippen LogP contribution is 2.26. The standard InChI is InChI=1S/C15H22N2O3/c1-17(10-11-4-3-7-16-9-11)15(19)12-5-6-14(20-2)13(18)8-12/h5-6,8,11,16,18H,3-4,7,9-10H2,1-2H3. The molecule has 0 aromatic heterocycles. The second-order valence-electron chi connectivity index (χ2n) is 5.28. The Morgan fingerprint density at radius 2 is 2.35 bits per heavy atom. The normalized spacial score (nSPS) is 18.6. The molecule has 1 saturated heterocycles. The second-order valence-corrected chi connectivity index (χ2v) is 5.28. The summed E-state index contributed by atoms with van der Waals surface area (Å²) in [5.74, 6) is 0.796. The summed E-state index contributed by atoms with van der Waals surface area (Å²) in [6, 6.07) is 4.74. The van der Waals surface area contributed by atoms with E-state index in [1.807, 2.05) is 0 Å². The van der Waals surface area contributed by atoms with Crippen LogP contribution in [0.5, 0.6) is 11.5 Å². The number of carbonyl (C=O) groups is 1. The van der Waals surface area contributed by atoms with E-state index in [9.17, 15) is 9.90 Å². The zero-order valence-electron chi connectivity index (χ0n) is 12.1. The molecule has 1 heterocycles. The molecule has 5 nitrogen and oxygen atoms in total. The molecule has 2 rings (SSSR count). The summed E-state index contributed by atoms with van der Waals surface area (Å²) in [4.78, 5) is 14.0. The average Bonchev–Trinajstić information content (AvgIpc) is 2.47. The summed E-state index contributed by atoms with van der Waals surface area (Å²) in [5.41, 5.74) is 0.481. The molecule has 0 saturated carbocycles. The molecule has 110 valence electrons. The molecule has 1 atom stereocenters. The summed E-state index contributed by atoms with van der Waals surface area (Å²) in [5, 5.41) is 13.1. The Morgan fingerprint density at radius 3 is 2.95 bits per heavy atom. The first-order valence-corrected chi connectivity index (χ1v) is 6.95. The molecule has 1 unspecified atom stereocenters. The summed E-state index contributed by atoms with van der Waals surface area (Å²) < 4.78 is 4.98. The number of rotatable bonds is 4. The number of phenols is 1. The van der Waals surface area contributed by atoms with Gasteiger partial charge in [0, 0.05) is 19.2 Å². The van der Waals surface area contributed by atoms with Gasteiger partial charge in [0.2, 0.25) is 0 Å². The topological polar surface area (TPSA) is 61.8 Å². The second kappa shape index (κ2) is 6.61. The number of phenolic OH excluding ortho intramolecular Hbond substituents is 1. The van der Waals surface area contributed by atoms with Crippen LogP contribution in [-0.4, -0.2) is 49.7 Å². The van der Waals surface area contributed by atoms with Crippen LogP contribution >= 0.6 is 0 Å². The number of carbonyl (C=O) groups excluding carboxylic acids is 1. The molecule has 5 heteroatoms. The summed E-state index contributed by atoms with van der Waals surface area (Å²) in [6.07, 6.45) is 2.31. The molecule has 1 amide bonds. The van der Waals surface area contributed by atoms with Gasteiger partial charge in [-0.2, -0.15) is 0 Å². The Labute approximate surface area is 119 Å². The van der Waals surface area contributed by atoms with Crippen molar-refractivity contribution in [2.75, 3.05) is 33.8 Å². The van der Waals surface area contributed by atoms with Crippen LogP contribution in [0.25, 0.3) is 0 Å². The Balaban J connectivity index is 2.00. The fourth-order valence-electron chi connectivity index (χ4n) is 2.59. The molecule has 0 spiro atoms. The maximum atomic E-state index is 12.3. The van der Waals surface area contributed by atoms with Gasteiger partial charge in [-0.15, -0.1) is 0 Å². The fourth-order valence-corrected chi connectivity index (χ4v) is 2.59. The first kappa shape index (κ1) is 14.7. The lowest BCUT2D eigenvalue weighted by atomic mass is 9.99. The number of hydrogen-bond donors (Lipinski definition) is 2. The van der Waals surface area contributed by atoms with E-state index < -0.39 is 0 Å². The van der Waals surface area contributed by atoms with Gasteiger partial charge in [-0.05, 0) is 50.0 Å². The van der Waals surface area contributed by atoms with E-state index in [4.69, 9.17) is 4.74 Å². The minimum absolute atomic E-state index is 0.00826. The SMILES string of the molecule is COc1ccc(C(=O)N(C)CC2CCCNC2)cc1O. The van der Waals surface area contributed by atoms with Crippen LogP contribution in [0.1, 0.15) is 23.2 Å². The lowest BCUT2D eigenvalue weighted by Crippen LogP contribution is -2.39. The maximum absolute atomic E-state index is 12.3. The number of hydrogen-bond acceptors (Lipinski definition) is 4. The van der Waals surface area contributed by atoms with E-state index in [1.165, 1.54) is 13.2 Å². The van der Waals surface area contributed by atoms with Crippen molar-refractivity contribution in [2.45, 2.75) is 12.8 Å². The Bertz CT molecular complexity index is 470. The molecule has 1 aliphatic heterocycles. The Morgan fingerprint density at radius 1 is 1.55 bits per heavy atom. The monoisotopic (exact) mass is 278 g/mol. The smallest absolute Gasteiger partial charge is 0.253 e. The van der Waals surface area contributed by atoms with E-state index in [2.05, 4.69) is 5.32 Å². The van der Waals surface area contributed by atoms with Gasteiger partial charge in [0.05, 0.1) is 7.11 Å². The van der Waals surface area contributed by atoms with E-state index in [0.29, 0.717) is 17.2 Å². The van der Waals surface area contributed by atoms with Gasteiger partial charge in [0.1, 0.15) is 0 Å². The lowest BCUT2D eigenvalue weighted by molar-refractivity contribution is 0.0764. The van der Waals surface area contributed by atoms with Gasteiger partial charge in [-0.1, -0.05) is 0 Å². The van der Waals surface area contributed by atoms with Gasteiger partial charge in [0.15, 0.2) is 11.5 Å². The van der Waals surface area contributed by atoms with Crippen LogP contribution in [0, 0.1) is 5.92 Å². The maximum Gasteiger partial charge on any atom is 0.253 e. The minimum Gasteiger partial charge on any atom is -0.504 e. The highest BCUT2D eigenvalue weighted by molar-refractivity contribution is 5.94. The van der Waals surface area contributed by atoms with Crippen LogP contribution in [0.4, 0.5) is 0 Å². The van der Waals surface area contributed by atoms with Gasteiger partial charge < -0.3 is 20.1 Å². The summed E-state index contributed by atoms with van der Waals surface area (Å²) >= 11 is 0. The van der Waals surface area contributed by atoms with E-state index >= 15 is 0 Å². The summed E-state index contributed by atoms with van der Waals surface area (Å²) in [6.45, 7) is 2.77. The molecule has 1 aromatic carbocycles. The number of methoxy groups -OCH3 is 1. The molecular formula is C15H22N2O3. The van der Waals surface area contributed by atoms with Crippen molar-refractivity contribution in [3.8, 4) is 11.5 Å². The molecule has 20 heavy (non-hydrogen) atoms. The third-order valence-electron chi connectivity index (χ3n) is 3.70. The predicted molar refractivity (Wildman–Crippen MR) is 77.2 cm³/mol. The number of ether oxygens (including phenoxy) is 1. The summed E-state index contributed by atoms with van der Waals surface area (Å²) in [7, 11) is 3.29. The fraction of sp³-hybridized carbons (Fsp3) is 0.533. The van der Waals surface area contributed by atoms with Crippen LogP contribution in [0.15, 0.2) is 18.2 Å². The number of aromatic hydroxyl groups is 1. The lowest BCUT2D eigenvalue weighted by Gasteiger charge is -2.27.